The molecule has 0 aromatic heterocycles. The zero-order valence-corrected chi connectivity index (χ0v) is 11.8. The fraction of sp³-hybridized carbons (Fsp3) is 0.500. The smallest absolute Gasteiger partial charge is 0.410 e. The minimum Gasteiger partial charge on any atom is -0.447 e. The van der Waals surface area contributed by atoms with Gasteiger partial charge in [0.1, 0.15) is 6.61 Å². The van der Waals surface area contributed by atoms with E-state index in [9.17, 15) is 4.79 Å². The predicted molar refractivity (Wildman–Crippen MR) is 75.0 cm³/mol. The van der Waals surface area contributed by atoms with Crippen molar-refractivity contribution in [1.82, 2.24) is 4.90 Å². The second-order valence-electron chi connectivity index (χ2n) is 5.16. The summed E-state index contributed by atoms with van der Waals surface area (Å²) >= 11 is 5.86. The molecule has 0 spiro atoms. The number of hydrogen-bond donors (Lipinski definition) is 1. The first-order chi connectivity index (χ1) is 9.05. The molecule has 0 bridgehead atoms. The van der Waals surface area contributed by atoms with E-state index >= 15 is 0 Å². The Balaban J connectivity index is 2.11. The van der Waals surface area contributed by atoms with E-state index in [-0.39, 0.29) is 11.6 Å². The topological polar surface area (TPSA) is 55.6 Å². The monoisotopic (exact) mass is 282 g/mol. The van der Waals surface area contributed by atoms with Gasteiger partial charge in [-0.05, 0) is 44.0 Å². The van der Waals surface area contributed by atoms with Crippen LogP contribution in [-0.2, 0) is 11.3 Å². The highest BCUT2D eigenvalue weighted by atomic mass is 35.5. The van der Waals surface area contributed by atoms with Crippen molar-refractivity contribution in [3.05, 3.63) is 34.9 Å². The SMILES string of the molecule is CC1(CCCN)COC(=O)N1Cc1ccc(Cl)cc1. The third kappa shape index (κ3) is 3.19. The summed E-state index contributed by atoms with van der Waals surface area (Å²) in [5.41, 5.74) is 6.33. The van der Waals surface area contributed by atoms with Crippen molar-refractivity contribution >= 4 is 17.7 Å². The molecule has 19 heavy (non-hydrogen) atoms. The van der Waals surface area contributed by atoms with Crippen LogP contribution in [0, 0.1) is 0 Å². The standard InChI is InChI=1S/C14H19ClN2O2/c1-14(7-2-8-16)10-19-13(18)17(14)9-11-3-5-12(15)6-4-11/h3-6H,2,7-10,16H2,1H3. The van der Waals surface area contributed by atoms with Gasteiger partial charge in [0.05, 0.1) is 5.54 Å². The van der Waals surface area contributed by atoms with Gasteiger partial charge in [0.25, 0.3) is 0 Å². The maximum Gasteiger partial charge on any atom is 0.410 e. The average Bonchev–Trinajstić information content (AvgIpc) is 2.68. The Morgan fingerprint density at radius 1 is 1.42 bits per heavy atom. The normalized spacial score (nSPS) is 22.7. The van der Waals surface area contributed by atoms with E-state index in [1.54, 1.807) is 4.90 Å². The number of nitrogens with two attached hydrogens (primary N) is 1. The maximum absolute atomic E-state index is 11.9. The molecule has 1 amide bonds. The molecule has 0 saturated carbocycles. The van der Waals surface area contributed by atoms with Crippen molar-refractivity contribution in [2.75, 3.05) is 13.2 Å². The van der Waals surface area contributed by atoms with Gasteiger partial charge < -0.3 is 10.5 Å². The quantitative estimate of drug-likeness (QED) is 0.903. The van der Waals surface area contributed by atoms with Crippen LogP contribution in [0.15, 0.2) is 24.3 Å². The van der Waals surface area contributed by atoms with E-state index in [0.717, 1.165) is 18.4 Å². The summed E-state index contributed by atoms with van der Waals surface area (Å²) in [7, 11) is 0. The van der Waals surface area contributed by atoms with Gasteiger partial charge in [-0.25, -0.2) is 4.79 Å². The van der Waals surface area contributed by atoms with E-state index in [2.05, 4.69) is 0 Å². The maximum atomic E-state index is 11.9. The third-order valence-electron chi connectivity index (χ3n) is 3.55. The summed E-state index contributed by atoms with van der Waals surface area (Å²) in [6.45, 7) is 3.64. The van der Waals surface area contributed by atoms with Crippen LogP contribution in [0.3, 0.4) is 0 Å². The number of hydrogen-bond acceptors (Lipinski definition) is 3. The minimum absolute atomic E-state index is 0.255. The molecule has 1 aromatic rings. The van der Waals surface area contributed by atoms with Crippen LogP contribution in [0.1, 0.15) is 25.3 Å². The zero-order chi connectivity index (χ0) is 13.9. The fourth-order valence-electron chi connectivity index (χ4n) is 2.31. The third-order valence-corrected chi connectivity index (χ3v) is 3.80. The van der Waals surface area contributed by atoms with Gasteiger partial charge in [-0.1, -0.05) is 23.7 Å². The van der Waals surface area contributed by atoms with Gasteiger partial charge in [0.2, 0.25) is 0 Å². The van der Waals surface area contributed by atoms with E-state index in [1.165, 1.54) is 0 Å². The number of carbonyl (C=O) groups excluding carboxylic acids is 1. The van der Waals surface area contributed by atoms with Gasteiger partial charge >= 0.3 is 6.09 Å². The molecule has 1 saturated heterocycles. The van der Waals surface area contributed by atoms with Gasteiger partial charge in [-0.3, -0.25) is 4.90 Å². The lowest BCUT2D eigenvalue weighted by Gasteiger charge is -2.32. The summed E-state index contributed by atoms with van der Waals surface area (Å²) in [6, 6.07) is 7.51. The Morgan fingerprint density at radius 3 is 2.74 bits per heavy atom. The molecular weight excluding hydrogens is 264 g/mol. The Kier molecular flexibility index (Phi) is 4.32. The lowest BCUT2D eigenvalue weighted by molar-refractivity contribution is 0.147. The molecule has 1 aliphatic rings. The second kappa shape index (κ2) is 5.80. The van der Waals surface area contributed by atoms with Gasteiger partial charge in [-0.15, -0.1) is 0 Å². The van der Waals surface area contributed by atoms with Crippen LogP contribution in [0.5, 0.6) is 0 Å². The molecule has 1 aliphatic heterocycles. The molecular formula is C14H19ClN2O2. The number of benzene rings is 1. The number of amides is 1. The molecule has 0 aliphatic carbocycles. The average molecular weight is 283 g/mol. The minimum atomic E-state index is -0.268. The summed E-state index contributed by atoms with van der Waals surface area (Å²) in [5.74, 6) is 0. The first-order valence-electron chi connectivity index (χ1n) is 6.44. The summed E-state index contributed by atoms with van der Waals surface area (Å²) in [6.07, 6.45) is 1.47. The molecule has 1 unspecified atom stereocenters. The number of rotatable bonds is 5. The lowest BCUT2D eigenvalue weighted by atomic mass is 9.95. The van der Waals surface area contributed by atoms with Crippen molar-refractivity contribution < 1.29 is 9.53 Å². The molecule has 104 valence electrons. The van der Waals surface area contributed by atoms with Crippen molar-refractivity contribution in [3.8, 4) is 0 Å². The highest BCUT2D eigenvalue weighted by Crippen LogP contribution is 2.30. The largest absolute Gasteiger partial charge is 0.447 e. The molecule has 1 heterocycles. The molecule has 0 radical (unpaired) electrons. The van der Waals surface area contributed by atoms with E-state index in [4.69, 9.17) is 22.1 Å². The Hall–Kier alpha value is -1.26. The number of cyclic esters (lactones) is 1. The highest BCUT2D eigenvalue weighted by molar-refractivity contribution is 6.30. The molecule has 5 heteroatoms. The zero-order valence-electron chi connectivity index (χ0n) is 11.1. The van der Waals surface area contributed by atoms with Crippen LogP contribution in [0.2, 0.25) is 5.02 Å². The fourth-order valence-corrected chi connectivity index (χ4v) is 2.44. The number of carbonyl (C=O) groups is 1. The summed E-state index contributed by atoms with van der Waals surface area (Å²) < 4.78 is 5.19. The first kappa shape index (κ1) is 14.2. The second-order valence-corrected chi connectivity index (χ2v) is 5.59. The summed E-state index contributed by atoms with van der Waals surface area (Å²) in [4.78, 5) is 13.7. The first-order valence-corrected chi connectivity index (χ1v) is 6.82. The van der Waals surface area contributed by atoms with Crippen LogP contribution in [0.25, 0.3) is 0 Å². The lowest BCUT2D eigenvalue weighted by Crippen LogP contribution is -2.44. The van der Waals surface area contributed by atoms with Gasteiger partial charge in [0.15, 0.2) is 0 Å². The van der Waals surface area contributed by atoms with Crippen LogP contribution in [-0.4, -0.2) is 29.7 Å². The van der Waals surface area contributed by atoms with Gasteiger partial charge in [-0.2, -0.15) is 0 Å². The van der Waals surface area contributed by atoms with Crippen LogP contribution >= 0.6 is 11.6 Å². The van der Waals surface area contributed by atoms with Crippen molar-refractivity contribution in [1.29, 1.82) is 0 Å². The van der Waals surface area contributed by atoms with Gasteiger partial charge in [0, 0.05) is 11.6 Å². The molecule has 1 fully saturated rings. The predicted octanol–water partition coefficient (Wildman–Crippen LogP) is 2.79. The van der Waals surface area contributed by atoms with E-state index < -0.39 is 0 Å². The molecule has 2 N–H and O–H groups in total. The van der Waals surface area contributed by atoms with Crippen molar-refractivity contribution in [2.24, 2.45) is 5.73 Å². The Bertz CT molecular complexity index is 449. The highest BCUT2D eigenvalue weighted by Gasteiger charge is 2.42. The van der Waals surface area contributed by atoms with E-state index in [0.29, 0.717) is 24.7 Å². The molecule has 2 rings (SSSR count). The number of nitrogens with zero attached hydrogens (tertiary/aromatic N) is 1. The van der Waals surface area contributed by atoms with Crippen molar-refractivity contribution in [3.63, 3.8) is 0 Å². The molecule has 4 nitrogen and oxygen atoms in total. The Labute approximate surface area is 118 Å². The molecule has 1 aromatic carbocycles. The van der Waals surface area contributed by atoms with Crippen LogP contribution < -0.4 is 5.73 Å². The number of ether oxygens (including phenoxy) is 1. The Morgan fingerprint density at radius 2 is 2.11 bits per heavy atom. The molecule has 1 atom stereocenters. The van der Waals surface area contributed by atoms with Crippen molar-refractivity contribution in [2.45, 2.75) is 31.8 Å². The number of halogens is 1. The summed E-state index contributed by atoms with van der Waals surface area (Å²) in [5, 5.41) is 0.693. The van der Waals surface area contributed by atoms with Crippen LogP contribution in [0.4, 0.5) is 4.79 Å². The van der Waals surface area contributed by atoms with E-state index in [1.807, 2.05) is 31.2 Å².